The Hall–Kier alpha value is -1.49. The zero-order valence-electron chi connectivity index (χ0n) is 10.8. The summed E-state index contributed by atoms with van der Waals surface area (Å²) in [5.74, 6) is -1.08. The van der Waals surface area contributed by atoms with Gasteiger partial charge in [0.05, 0.1) is 0 Å². The summed E-state index contributed by atoms with van der Waals surface area (Å²) in [6.45, 7) is 0. The third-order valence-electron chi connectivity index (χ3n) is 3.11. The smallest absolute Gasteiger partial charge is 0.331 e. The van der Waals surface area contributed by atoms with E-state index in [2.05, 4.69) is 15.9 Å². The number of ether oxygens (including phenoxy) is 1. The maximum Gasteiger partial charge on any atom is 0.331 e. The molecule has 0 radical (unpaired) electrons. The number of halogens is 2. The van der Waals surface area contributed by atoms with Crippen molar-refractivity contribution in [2.45, 2.75) is 31.8 Å². The predicted molar refractivity (Wildman–Crippen MR) is 76.5 cm³/mol. The van der Waals surface area contributed by atoms with Crippen molar-refractivity contribution in [1.29, 1.82) is 0 Å². The first kappa shape index (κ1) is 14.9. The minimum Gasteiger partial charge on any atom is -0.451 e. The van der Waals surface area contributed by atoms with E-state index < -0.39 is 17.9 Å². The highest BCUT2D eigenvalue weighted by Crippen LogP contribution is 2.19. The SMILES string of the molecule is O=C(/C=C/c1cc(Br)ccc1F)O[C@@H]1CCCCC1=O. The first-order valence-electron chi connectivity index (χ1n) is 6.43. The lowest BCUT2D eigenvalue weighted by Crippen LogP contribution is -2.29. The van der Waals surface area contributed by atoms with Gasteiger partial charge in [0, 0.05) is 22.5 Å². The lowest BCUT2D eigenvalue weighted by atomic mass is 9.96. The third-order valence-corrected chi connectivity index (χ3v) is 3.61. The van der Waals surface area contributed by atoms with Crippen LogP contribution in [0.5, 0.6) is 0 Å². The molecule has 2 rings (SSSR count). The van der Waals surface area contributed by atoms with Crippen molar-refractivity contribution in [3.8, 4) is 0 Å². The molecule has 106 valence electrons. The Morgan fingerprint density at radius 1 is 1.40 bits per heavy atom. The minimum absolute atomic E-state index is 0.0355. The fourth-order valence-electron chi connectivity index (χ4n) is 2.06. The zero-order chi connectivity index (χ0) is 14.5. The number of ketones is 1. The van der Waals surface area contributed by atoms with Crippen LogP contribution in [-0.4, -0.2) is 17.9 Å². The van der Waals surface area contributed by atoms with Gasteiger partial charge >= 0.3 is 5.97 Å². The van der Waals surface area contributed by atoms with E-state index in [0.717, 1.165) is 23.4 Å². The first-order chi connectivity index (χ1) is 9.56. The number of hydrogen-bond donors (Lipinski definition) is 0. The van der Waals surface area contributed by atoms with E-state index in [1.807, 2.05) is 0 Å². The second-order valence-corrected chi connectivity index (χ2v) is 5.55. The molecule has 1 saturated carbocycles. The van der Waals surface area contributed by atoms with Crippen molar-refractivity contribution in [2.75, 3.05) is 0 Å². The topological polar surface area (TPSA) is 43.4 Å². The van der Waals surface area contributed by atoms with Crippen LogP contribution in [0.4, 0.5) is 4.39 Å². The van der Waals surface area contributed by atoms with Crippen LogP contribution in [0.15, 0.2) is 28.7 Å². The molecule has 0 bridgehead atoms. The highest BCUT2D eigenvalue weighted by atomic mass is 79.9. The molecule has 0 saturated heterocycles. The molecule has 1 aromatic rings. The van der Waals surface area contributed by atoms with Gasteiger partial charge in [-0.25, -0.2) is 9.18 Å². The number of benzene rings is 1. The summed E-state index contributed by atoms with van der Waals surface area (Å²) in [6, 6.07) is 4.44. The molecule has 1 atom stereocenters. The maximum atomic E-state index is 13.5. The molecule has 0 aromatic heterocycles. The highest BCUT2D eigenvalue weighted by Gasteiger charge is 2.24. The van der Waals surface area contributed by atoms with E-state index in [1.165, 1.54) is 12.1 Å². The van der Waals surface area contributed by atoms with Gasteiger partial charge in [0.2, 0.25) is 0 Å². The van der Waals surface area contributed by atoms with Crippen molar-refractivity contribution in [2.24, 2.45) is 0 Å². The summed E-state index contributed by atoms with van der Waals surface area (Å²) in [7, 11) is 0. The molecule has 1 aromatic carbocycles. The fraction of sp³-hybridized carbons (Fsp3) is 0.333. The summed E-state index contributed by atoms with van der Waals surface area (Å²) >= 11 is 3.23. The lowest BCUT2D eigenvalue weighted by Gasteiger charge is -2.19. The van der Waals surface area contributed by atoms with E-state index in [0.29, 0.717) is 12.8 Å². The normalized spacial score (nSPS) is 19.3. The van der Waals surface area contributed by atoms with Gasteiger partial charge in [-0.3, -0.25) is 4.79 Å². The van der Waals surface area contributed by atoms with Crippen molar-refractivity contribution in [1.82, 2.24) is 0 Å². The fourth-order valence-corrected chi connectivity index (χ4v) is 2.43. The molecule has 1 fully saturated rings. The number of esters is 1. The molecule has 0 heterocycles. The van der Waals surface area contributed by atoms with Gasteiger partial charge in [-0.15, -0.1) is 0 Å². The Kier molecular flexibility index (Phi) is 5.06. The largest absolute Gasteiger partial charge is 0.451 e. The molecule has 1 aliphatic rings. The molecular formula is C15H14BrFO3. The van der Waals surface area contributed by atoms with E-state index in [-0.39, 0.29) is 11.3 Å². The van der Waals surface area contributed by atoms with Crippen LogP contribution in [0.2, 0.25) is 0 Å². The molecule has 0 spiro atoms. The quantitative estimate of drug-likeness (QED) is 0.623. The predicted octanol–water partition coefficient (Wildman–Crippen LogP) is 3.66. The molecule has 0 unspecified atom stereocenters. The van der Waals surface area contributed by atoms with Gasteiger partial charge in [0.15, 0.2) is 11.9 Å². The van der Waals surface area contributed by atoms with Crippen LogP contribution in [0.3, 0.4) is 0 Å². The van der Waals surface area contributed by atoms with Crippen molar-refractivity contribution in [3.63, 3.8) is 0 Å². The summed E-state index contributed by atoms with van der Waals surface area (Å²) in [5, 5.41) is 0. The van der Waals surface area contributed by atoms with Gasteiger partial charge in [-0.2, -0.15) is 0 Å². The Labute approximate surface area is 124 Å². The van der Waals surface area contributed by atoms with Crippen LogP contribution in [0, 0.1) is 5.82 Å². The van der Waals surface area contributed by atoms with Gasteiger partial charge < -0.3 is 4.74 Å². The summed E-state index contributed by atoms with van der Waals surface area (Å²) in [6.07, 6.45) is 4.61. The second-order valence-electron chi connectivity index (χ2n) is 4.64. The van der Waals surface area contributed by atoms with Crippen LogP contribution in [0.1, 0.15) is 31.2 Å². The van der Waals surface area contributed by atoms with Crippen molar-refractivity contribution < 1.29 is 18.7 Å². The maximum absolute atomic E-state index is 13.5. The second kappa shape index (κ2) is 6.79. The molecule has 1 aliphatic carbocycles. The first-order valence-corrected chi connectivity index (χ1v) is 7.22. The summed E-state index contributed by atoms with van der Waals surface area (Å²) < 4.78 is 19.3. The monoisotopic (exact) mass is 340 g/mol. The average molecular weight is 341 g/mol. The van der Waals surface area contributed by atoms with E-state index in [9.17, 15) is 14.0 Å². The molecule has 20 heavy (non-hydrogen) atoms. The number of carbonyl (C=O) groups excluding carboxylic acids is 2. The standard InChI is InChI=1S/C15H14BrFO3/c16-11-6-7-12(17)10(9-11)5-8-15(19)20-14-4-2-1-3-13(14)18/h5-9,14H,1-4H2/b8-5+/t14-/m1/s1. The van der Waals surface area contributed by atoms with E-state index in [1.54, 1.807) is 12.1 Å². The number of carbonyl (C=O) groups is 2. The third kappa shape index (κ3) is 4.00. The summed E-state index contributed by atoms with van der Waals surface area (Å²) in [4.78, 5) is 23.2. The molecule has 0 amide bonds. The molecule has 3 nitrogen and oxygen atoms in total. The zero-order valence-corrected chi connectivity index (χ0v) is 12.4. The van der Waals surface area contributed by atoms with Gasteiger partial charge in [-0.05, 0) is 43.5 Å². The molecule has 0 aliphatic heterocycles. The Balaban J connectivity index is 1.98. The van der Waals surface area contributed by atoms with E-state index >= 15 is 0 Å². The number of rotatable bonds is 3. The highest BCUT2D eigenvalue weighted by molar-refractivity contribution is 9.10. The van der Waals surface area contributed by atoms with Crippen molar-refractivity contribution >= 4 is 33.8 Å². The average Bonchev–Trinajstić information content (AvgIpc) is 2.42. The number of hydrogen-bond acceptors (Lipinski definition) is 3. The van der Waals surface area contributed by atoms with Gasteiger partial charge in [0.25, 0.3) is 0 Å². The van der Waals surface area contributed by atoms with Crippen LogP contribution in [-0.2, 0) is 14.3 Å². The molecule has 0 N–H and O–H groups in total. The Morgan fingerprint density at radius 3 is 2.95 bits per heavy atom. The summed E-state index contributed by atoms with van der Waals surface area (Å²) in [5.41, 5.74) is 0.284. The van der Waals surface area contributed by atoms with Crippen molar-refractivity contribution in [3.05, 3.63) is 40.1 Å². The van der Waals surface area contributed by atoms with Crippen LogP contribution >= 0.6 is 15.9 Å². The minimum atomic E-state index is -0.645. The van der Waals surface area contributed by atoms with Crippen LogP contribution in [0.25, 0.3) is 6.08 Å². The lowest BCUT2D eigenvalue weighted by molar-refractivity contribution is -0.152. The van der Waals surface area contributed by atoms with Gasteiger partial charge in [0.1, 0.15) is 5.82 Å². The van der Waals surface area contributed by atoms with E-state index in [4.69, 9.17) is 4.74 Å². The Morgan fingerprint density at radius 2 is 2.20 bits per heavy atom. The number of Topliss-reactive ketones (excluding diaryl/α,β-unsaturated/α-hetero) is 1. The molecular weight excluding hydrogens is 327 g/mol. The molecule has 5 heteroatoms. The Bertz CT molecular complexity index is 554. The van der Waals surface area contributed by atoms with Gasteiger partial charge in [-0.1, -0.05) is 15.9 Å². The van der Waals surface area contributed by atoms with Crippen LogP contribution < -0.4 is 0 Å².